The number of carbonyl (C=O) groups excluding carboxylic acids is 2. The Hall–Kier alpha value is -2.83. The lowest BCUT2D eigenvalue weighted by Gasteiger charge is -2.52. The van der Waals surface area contributed by atoms with E-state index >= 15 is 0 Å². The number of hydrogen-bond donors (Lipinski definition) is 2. The van der Waals surface area contributed by atoms with Crippen LogP contribution in [-0.2, 0) is 27.8 Å². The van der Waals surface area contributed by atoms with Gasteiger partial charge in [-0.05, 0) is 36.1 Å². The van der Waals surface area contributed by atoms with Gasteiger partial charge in [0, 0.05) is 46.9 Å². The number of nitrogens with zero attached hydrogens (tertiary/aromatic N) is 2. The zero-order valence-corrected chi connectivity index (χ0v) is 22.6. The molecule has 2 heterocycles. The van der Waals surface area contributed by atoms with Crippen LogP contribution >= 0.6 is 23.2 Å². The molecule has 1 aromatic heterocycles. The monoisotopic (exact) mass is 540 g/mol. The summed E-state index contributed by atoms with van der Waals surface area (Å²) >= 11 is 12.6. The lowest BCUT2D eigenvalue weighted by molar-refractivity contribution is -0.148. The van der Waals surface area contributed by atoms with Crippen LogP contribution in [0.15, 0.2) is 61.1 Å². The van der Waals surface area contributed by atoms with Crippen molar-refractivity contribution in [1.29, 1.82) is 0 Å². The van der Waals surface area contributed by atoms with Crippen molar-refractivity contribution >= 4 is 35.0 Å². The average molecular weight is 542 g/mol. The van der Waals surface area contributed by atoms with Gasteiger partial charge in [-0.3, -0.25) is 9.59 Å². The van der Waals surface area contributed by atoms with Crippen molar-refractivity contribution in [3.8, 4) is 0 Å². The summed E-state index contributed by atoms with van der Waals surface area (Å²) in [5.41, 5.74) is 8.60. The summed E-state index contributed by atoms with van der Waals surface area (Å²) in [6.45, 7) is 3.45. The molecule has 2 atom stereocenters. The molecular weight excluding hydrogens is 507 g/mol. The van der Waals surface area contributed by atoms with Crippen molar-refractivity contribution in [3.05, 3.63) is 87.9 Å². The highest BCUT2D eigenvalue weighted by Crippen LogP contribution is 2.41. The van der Waals surface area contributed by atoms with E-state index in [9.17, 15) is 9.59 Å². The highest BCUT2D eigenvalue weighted by molar-refractivity contribution is 6.35. The fourth-order valence-corrected chi connectivity index (χ4v) is 5.95. The predicted octanol–water partition coefficient (Wildman–Crippen LogP) is 5.58. The van der Waals surface area contributed by atoms with Crippen LogP contribution in [0.4, 0.5) is 0 Å². The lowest BCUT2D eigenvalue weighted by Crippen LogP contribution is -2.63. The summed E-state index contributed by atoms with van der Waals surface area (Å²) in [5.74, 6) is -1.97. The molecule has 2 aromatic carbocycles. The Morgan fingerprint density at radius 1 is 1.08 bits per heavy atom. The minimum Gasteiger partial charge on any atom is -0.369 e. The number of aromatic amines is 1. The van der Waals surface area contributed by atoms with Gasteiger partial charge >= 0.3 is 0 Å². The number of likely N-dealkylation sites (tertiary alicyclic amines) is 1. The van der Waals surface area contributed by atoms with Gasteiger partial charge in [0.25, 0.3) is 0 Å². The molecule has 1 aliphatic heterocycles. The van der Waals surface area contributed by atoms with Gasteiger partial charge in [0.05, 0.1) is 18.2 Å². The van der Waals surface area contributed by atoms with Crippen molar-refractivity contribution in [2.24, 2.45) is 17.6 Å². The van der Waals surface area contributed by atoms with E-state index in [2.05, 4.69) is 41.2 Å². The van der Waals surface area contributed by atoms with Gasteiger partial charge in [0.15, 0.2) is 0 Å². The van der Waals surface area contributed by atoms with Crippen molar-refractivity contribution in [2.75, 3.05) is 13.1 Å². The minimum atomic E-state index is -0.716. The van der Waals surface area contributed by atoms with Crippen LogP contribution in [0.5, 0.6) is 0 Å². The van der Waals surface area contributed by atoms with E-state index in [0.717, 1.165) is 36.9 Å². The number of nitrogens with one attached hydrogen (secondary N) is 1. The number of carbonyl (C=O) groups is 2. The molecule has 1 fully saturated rings. The van der Waals surface area contributed by atoms with Crippen LogP contribution in [0.25, 0.3) is 0 Å². The summed E-state index contributed by atoms with van der Waals surface area (Å²) in [5, 5.41) is 0.986. The Morgan fingerprint density at radius 3 is 2.46 bits per heavy atom. The molecule has 0 aliphatic carbocycles. The molecule has 0 spiro atoms. The second-order valence-corrected chi connectivity index (χ2v) is 11.0. The van der Waals surface area contributed by atoms with Gasteiger partial charge in [0.1, 0.15) is 0 Å². The SMILES string of the molecule is CCCCCC1(c2ccccc2)CN(C(=O)[C@H](Cc2ccc(Cl)cc2Cl)C(Cc2cnc[nH]2)C(N)=O)C1. The minimum absolute atomic E-state index is 0.0693. The van der Waals surface area contributed by atoms with Crippen LogP contribution in [0.3, 0.4) is 0 Å². The Morgan fingerprint density at radius 2 is 1.84 bits per heavy atom. The predicted molar refractivity (Wildman–Crippen MR) is 147 cm³/mol. The molecule has 0 bridgehead atoms. The Balaban J connectivity index is 1.61. The maximum absolute atomic E-state index is 14.1. The van der Waals surface area contributed by atoms with Gasteiger partial charge in [-0.25, -0.2) is 4.98 Å². The third kappa shape index (κ3) is 6.36. The molecule has 196 valence electrons. The topological polar surface area (TPSA) is 92.1 Å². The van der Waals surface area contributed by atoms with E-state index in [0.29, 0.717) is 36.0 Å². The van der Waals surface area contributed by atoms with Crippen molar-refractivity contribution < 1.29 is 9.59 Å². The molecule has 0 radical (unpaired) electrons. The molecular formula is C29H34Cl2N4O2. The zero-order valence-electron chi connectivity index (χ0n) is 21.1. The van der Waals surface area contributed by atoms with Gasteiger partial charge in [-0.2, -0.15) is 0 Å². The fourth-order valence-electron chi connectivity index (χ4n) is 5.47. The molecule has 2 amide bonds. The summed E-state index contributed by atoms with van der Waals surface area (Å²) in [6, 6.07) is 15.7. The zero-order chi connectivity index (χ0) is 26.4. The second-order valence-electron chi connectivity index (χ2n) is 10.1. The van der Waals surface area contributed by atoms with Gasteiger partial charge < -0.3 is 15.6 Å². The Bertz CT molecular complexity index is 1190. The van der Waals surface area contributed by atoms with E-state index in [-0.39, 0.29) is 11.3 Å². The normalized spacial score (nSPS) is 16.1. The van der Waals surface area contributed by atoms with Gasteiger partial charge in [-0.1, -0.05) is 85.8 Å². The van der Waals surface area contributed by atoms with E-state index in [1.807, 2.05) is 17.0 Å². The van der Waals surface area contributed by atoms with E-state index in [1.54, 1.807) is 24.7 Å². The molecule has 1 unspecified atom stereocenters. The number of hydrogen-bond acceptors (Lipinski definition) is 3. The molecule has 8 heteroatoms. The third-order valence-corrected chi connectivity index (χ3v) is 8.15. The number of imidazole rings is 1. The average Bonchev–Trinajstić information content (AvgIpc) is 3.37. The second kappa shape index (κ2) is 12.1. The van der Waals surface area contributed by atoms with Gasteiger partial charge in [0.2, 0.25) is 11.8 Å². The highest BCUT2D eigenvalue weighted by Gasteiger charge is 2.48. The Kier molecular flexibility index (Phi) is 8.93. The number of primary amides is 1. The summed E-state index contributed by atoms with van der Waals surface area (Å²) in [6.07, 6.45) is 8.24. The molecule has 3 aromatic rings. The molecule has 1 aliphatic rings. The van der Waals surface area contributed by atoms with E-state index < -0.39 is 17.7 Å². The van der Waals surface area contributed by atoms with Crippen LogP contribution < -0.4 is 5.73 Å². The number of benzene rings is 2. The molecule has 0 saturated carbocycles. The number of unbranched alkanes of at least 4 members (excludes halogenated alkanes) is 2. The Labute approximate surface area is 228 Å². The lowest BCUT2D eigenvalue weighted by atomic mass is 9.69. The molecule has 6 nitrogen and oxygen atoms in total. The maximum Gasteiger partial charge on any atom is 0.226 e. The molecule has 37 heavy (non-hydrogen) atoms. The van der Waals surface area contributed by atoms with E-state index in [4.69, 9.17) is 28.9 Å². The third-order valence-electron chi connectivity index (χ3n) is 7.56. The summed E-state index contributed by atoms with van der Waals surface area (Å²) in [7, 11) is 0. The van der Waals surface area contributed by atoms with E-state index in [1.165, 1.54) is 5.56 Å². The number of amides is 2. The van der Waals surface area contributed by atoms with Crippen molar-refractivity contribution in [2.45, 2.75) is 50.9 Å². The number of halogens is 2. The molecule has 1 saturated heterocycles. The van der Waals surface area contributed by atoms with Crippen LogP contribution in [-0.4, -0.2) is 39.8 Å². The first-order valence-corrected chi connectivity index (χ1v) is 13.6. The van der Waals surface area contributed by atoms with Crippen LogP contribution in [0.1, 0.15) is 49.4 Å². The standard InChI is InChI=1S/C29H34Cl2N4O2/c1-2-3-7-12-29(21-8-5-4-6-9-21)17-35(18-29)28(37)25(13-20-10-11-22(30)14-26(20)31)24(27(32)36)15-23-16-33-19-34-23/h4-6,8-11,14,16,19,24-25H,2-3,7,12-13,15,17-18H2,1H3,(H2,32,36)(H,33,34)/t24?,25-/m1/s1. The summed E-state index contributed by atoms with van der Waals surface area (Å²) in [4.78, 5) is 35.7. The number of nitrogens with two attached hydrogens (primary N) is 1. The summed E-state index contributed by atoms with van der Waals surface area (Å²) < 4.78 is 0. The molecule has 4 rings (SSSR count). The van der Waals surface area contributed by atoms with Crippen LogP contribution in [0.2, 0.25) is 10.0 Å². The smallest absolute Gasteiger partial charge is 0.226 e. The fraction of sp³-hybridized carbons (Fsp3) is 0.414. The number of rotatable bonds is 12. The van der Waals surface area contributed by atoms with Crippen molar-refractivity contribution in [3.63, 3.8) is 0 Å². The largest absolute Gasteiger partial charge is 0.369 e. The highest BCUT2D eigenvalue weighted by atomic mass is 35.5. The first-order valence-electron chi connectivity index (χ1n) is 12.9. The number of aromatic nitrogens is 2. The van der Waals surface area contributed by atoms with Crippen molar-refractivity contribution in [1.82, 2.24) is 14.9 Å². The quantitative estimate of drug-likeness (QED) is 0.293. The van der Waals surface area contributed by atoms with Crippen LogP contribution in [0, 0.1) is 11.8 Å². The first-order chi connectivity index (χ1) is 17.8. The maximum atomic E-state index is 14.1. The first kappa shape index (κ1) is 27.2. The molecule has 3 N–H and O–H groups in total. The number of H-pyrrole nitrogens is 1. The van der Waals surface area contributed by atoms with Gasteiger partial charge in [-0.15, -0.1) is 0 Å².